The van der Waals surface area contributed by atoms with E-state index in [1.54, 1.807) is 48.5 Å². The second-order valence-corrected chi connectivity index (χ2v) is 20.8. The van der Waals surface area contributed by atoms with Crippen molar-refractivity contribution >= 4 is 80.6 Å². The average molecular weight is 1380 g/mol. The molecule has 0 unspecified atom stereocenters. The van der Waals surface area contributed by atoms with Gasteiger partial charge in [0.05, 0.1) is 46.9 Å². The Morgan fingerprint density at radius 2 is 0.677 bits per heavy atom. The number of aromatic nitrogens is 2. The van der Waals surface area contributed by atoms with E-state index in [1.165, 1.54) is 24.3 Å². The maximum Gasteiger partial charge on any atom is 2.00 e. The van der Waals surface area contributed by atoms with Crippen molar-refractivity contribution in [3.05, 3.63) is 204 Å². The molecule has 8 rings (SSSR count). The third-order valence-electron chi connectivity index (χ3n) is 13.8. The molecule has 27 heteroatoms. The van der Waals surface area contributed by atoms with Gasteiger partial charge in [-0.05, 0) is 133 Å². The standard InChI is InChI=1S/2C33H35FN2O5.10H2O.Sr/c2*1-21(2)31-30(33(41)35-25-11-7-4-8-12-25)29(22-9-5-3-6-10-22)32(23-13-15-24(34)16-14-23)36(31)18-17-26(37)19-27(38)20-28(39)40;;;;;;;;;;;/h2*3-16,21,26-27,37-38H,17-20H2,1-2H3,(H,35,41)(H,39,40);10*1H2;/q;;;;;;;;;;;;+2/p-2/t2*26-,27-;;;;;;;;;;;/m11.........../s1. The molecule has 0 aliphatic carbocycles. The fourth-order valence-corrected chi connectivity index (χ4v) is 10.4. The summed E-state index contributed by atoms with van der Waals surface area (Å²) < 4.78 is 32.0. The zero-order chi connectivity index (χ0) is 59.0. The summed E-state index contributed by atoms with van der Waals surface area (Å²) in [4.78, 5) is 49.8. The number of anilines is 2. The number of carboxylic acid groups (broad SMARTS) is 2. The predicted octanol–water partition coefficient (Wildman–Crippen LogP) is 1.33. The zero-order valence-corrected chi connectivity index (χ0v) is 55.4. The second kappa shape index (κ2) is 45.0. The minimum absolute atomic E-state index is 0. The van der Waals surface area contributed by atoms with E-state index in [2.05, 4.69) is 10.6 Å². The Hall–Kier alpha value is -7.46. The molecule has 0 aliphatic heterocycles. The Bertz CT molecular complexity index is 3190. The van der Waals surface area contributed by atoms with Gasteiger partial charge in [0.15, 0.2) is 0 Å². The molecule has 0 spiro atoms. The zero-order valence-electron chi connectivity index (χ0n) is 51.9. The molecule has 93 heavy (non-hydrogen) atoms. The fraction of sp³-hybridized carbons (Fsp3) is 0.273. The van der Waals surface area contributed by atoms with Crippen LogP contribution in [0.4, 0.5) is 20.2 Å². The number of amides is 2. The van der Waals surface area contributed by atoms with Crippen molar-refractivity contribution in [1.29, 1.82) is 0 Å². The fourth-order valence-electron chi connectivity index (χ4n) is 10.4. The number of hydrogen-bond acceptors (Lipinski definition) is 10. The van der Waals surface area contributed by atoms with E-state index in [0.717, 1.165) is 22.5 Å². The number of para-hydroxylation sites is 2. The van der Waals surface area contributed by atoms with E-state index in [-0.39, 0.29) is 163 Å². The topological polar surface area (TPSA) is 544 Å². The van der Waals surface area contributed by atoms with Crippen LogP contribution in [0.5, 0.6) is 0 Å². The van der Waals surface area contributed by atoms with E-state index in [0.29, 0.717) is 56.1 Å². The number of aliphatic hydroxyl groups excluding tert-OH is 4. The van der Waals surface area contributed by atoms with E-state index in [9.17, 15) is 58.6 Å². The quantitative estimate of drug-likeness (QED) is 0.0472. The summed E-state index contributed by atoms with van der Waals surface area (Å²) in [6, 6.07) is 49.4. The van der Waals surface area contributed by atoms with E-state index in [4.69, 9.17) is 0 Å². The summed E-state index contributed by atoms with van der Waals surface area (Å²) in [6.45, 7) is 8.45. The Morgan fingerprint density at radius 3 is 0.935 bits per heavy atom. The van der Waals surface area contributed by atoms with E-state index in [1.807, 2.05) is 134 Å². The number of carbonyl (C=O) groups excluding carboxylic acids is 4. The number of aliphatic hydroxyl groups is 4. The van der Waals surface area contributed by atoms with Crippen molar-refractivity contribution in [3.63, 3.8) is 0 Å². The molecule has 0 aliphatic rings. The first-order valence-corrected chi connectivity index (χ1v) is 27.3. The normalized spacial score (nSPS) is 11.2. The van der Waals surface area contributed by atoms with Crippen LogP contribution in [0.15, 0.2) is 170 Å². The van der Waals surface area contributed by atoms with Crippen molar-refractivity contribution in [2.24, 2.45) is 0 Å². The van der Waals surface area contributed by atoms with Gasteiger partial charge in [0.25, 0.3) is 11.8 Å². The second-order valence-electron chi connectivity index (χ2n) is 20.8. The summed E-state index contributed by atoms with van der Waals surface area (Å²) in [5.41, 5.74) is 9.43. The van der Waals surface area contributed by atoms with Gasteiger partial charge in [0.2, 0.25) is 0 Å². The van der Waals surface area contributed by atoms with Crippen LogP contribution in [0.25, 0.3) is 44.8 Å². The molecule has 4 atom stereocenters. The van der Waals surface area contributed by atoms with Crippen molar-refractivity contribution in [1.82, 2.24) is 9.13 Å². The Labute approximate surface area is 574 Å². The molecule has 0 radical (unpaired) electrons. The van der Waals surface area contributed by atoms with E-state index >= 15 is 0 Å². The number of nitrogens with zero attached hydrogens (tertiary/aromatic N) is 2. The van der Waals surface area contributed by atoms with Crippen LogP contribution >= 0.6 is 0 Å². The molecule has 2 heterocycles. The van der Waals surface area contributed by atoms with Crippen molar-refractivity contribution in [2.45, 2.75) is 116 Å². The summed E-state index contributed by atoms with van der Waals surface area (Å²) in [5.74, 6) is -4.41. The predicted molar refractivity (Wildman–Crippen MR) is 351 cm³/mol. The van der Waals surface area contributed by atoms with Crippen LogP contribution in [-0.2, 0) is 22.7 Å². The van der Waals surface area contributed by atoms with Crippen molar-refractivity contribution < 1.29 is 113 Å². The molecule has 2 amide bonds. The number of halogens is 2. The molecule has 6 aromatic carbocycles. The number of carboxylic acids is 2. The molecule has 0 bridgehead atoms. The number of benzene rings is 6. The largest absolute Gasteiger partial charge is 2.00 e. The molecule has 0 fully saturated rings. The summed E-state index contributed by atoms with van der Waals surface area (Å²) in [7, 11) is 0. The molecule has 0 saturated heterocycles. The number of carbonyl (C=O) groups is 4. The first kappa shape index (κ1) is 94.2. The van der Waals surface area contributed by atoms with Crippen LogP contribution in [0.3, 0.4) is 0 Å². The third kappa shape index (κ3) is 25.4. The van der Waals surface area contributed by atoms with Crippen LogP contribution in [0.1, 0.15) is 110 Å². The van der Waals surface area contributed by atoms with Crippen LogP contribution < -0.4 is 20.8 Å². The Balaban J connectivity index is -0.000000496. The maximum absolute atomic E-state index is 14.0. The summed E-state index contributed by atoms with van der Waals surface area (Å²) >= 11 is 0. The van der Waals surface area contributed by atoms with Gasteiger partial charge >= 0.3 is 45.5 Å². The van der Waals surface area contributed by atoms with Crippen molar-refractivity contribution in [3.8, 4) is 44.8 Å². The van der Waals surface area contributed by atoms with Crippen molar-refractivity contribution in [2.75, 3.05) is 10.6 Å². The van der Waals surface area contributed by atoms with Crippen LogP contribution in [0.2, 0.25) is 0 Å². The number of aliphatic carboxylic acids is 2. The minimum Gasteiger partial charge on any atom is -0.550 e. The van der Waals surface area contributed by atoms with Gasteiger partial charge < -0.3 is 115 Å². The first-order valence-electron chi connectivity index (χ1n) is 27.3. The van der Waals surface area contributed by atoms with E-state index < -0.39 is 60.8 Å². The molecule has 8 aromatic rings. The van der Waals surface area contributed by atoms with Gasteiger partial charge in [-0.15, -0.1) is 0 Å². The molecule has 24 nitrogen and oxygen atoms in total. The van der Waals surface area contributed by atoms with Gasteiger partial charge in [-0.2, -0.15) is 0 Å². The molecule has 26 N–H and O–H groups in total. The molecule has 2 aromatic heterocycles. The van der Waals surface area contributed by atoms with Gasteiger partial charge in [-0.25, -0.2) is 8.78 Å². The van der Waals surface area contributed by atoms with Gasteiger partial charge in [-0.3, -0.25) is 9.59 Å². The molecule has 0 saturated carbocycles. The average Bonchev–Trinajstić information content (AvgIpc) is 1.61. The Morgan fingerprint density at radius 1 is 0.409 bits per heavy atom. The number of nitrogens with one attached hydrogen (secondary N) is 2. The Kier molecular flexibility index (Phi) is 45.6. The van der Waals surface area contributed by atoms with Gasteiger partial charge in [-0.1, -0.05) is 125 Å². The summed E-state index contributed by atoms with van der Waals surface area (Å²) in [5, 5.41) is 69.2. The SMILES string of the molecule is CC(C)c1c(C(=O)Nc2ccccc2)c(-c2ccccc2)c(-c2ccc(F)cc2)n1CC[C@@H](O)C[C@@H](O)CC(=O)[O-].CC(C)c1c(C(=O)Nc2ccccc2)c(-c2ccccc2)c(-c2ccc(F)cc2)n1CC[C@@H](O)C[C@@H](O)CC(=O)[O-].O.O.O.O.O.O.O.O.O.O.[Sr+2]. The van der Waals surface area contributed by atoms with Gasteiger partial charge in [0, 0.05) is 71.8 Å². The van der Waals surface area contributed by atoms with Gasteiger partial charge in [0.1, 0.15) is 11.6 Å². The van der Waals surface area contributed by atoms with Crippen LogP contribution in [0, 0.1) is 11.6 Å². The molecular weight excluding hydrogens is 1290 g/mol. The monoisotopic (exact) mass is 1380 g/mol. The minimum atomic E-state index is -1.39. The number of hydrogen-bond donors (Lipinski definition) is 6. The number of rotatable bonds is 24. The first-order chi connectivity index (χ1) is 39.3. The maximum atomic E-state index is 14.0. The summed E-state index contributed by atoms with van der Waals surface area (Å²) in [6.07, 6.45) is -5.54. The third-order valence-corrected chi connectivity index (χ3v) is 13.8. The molecular formula is C66H88F2N4O20Sr. The smallest absolute Gasteiger partial charge is 0.550 e. The van der Waals surface area contributed by atoms with Crippen LogP contribution in [-0.4, -0.2) is 178 Å². The molecule has 508 valence electrons.